The number of piperazine rings is 1. The van der Waals surface area contributed by atoms with Gasteiger partial charge in [-0.15, -0.1) is 23.5 Å². The van der Waals surface area contributed by atoms with Crippen LogP contribution in [0, 0.1) is 0 Å². The summed E-state index contributed by atoms with van der Waals surface area (Å²) in [5, 5.41) is 31.1. The van der Waals surface area contributed by atoms with Crippen LogP contribution in [0.1, 0.15) is 83.5 Å². The van der Waals surface area contributed by atoms with Gasteiger partial charge in [-0.25, -0.2) is 16.8 Å². The van der Waals surface area contributed by atoms with Gasteiger partial charge in [-0.2, -0.15) is 11.8 Å². The Morgan fingerprint density at radius 1 is 0.500 bits per heavy atom. The van der Waals surface area contributed by atoms with Gasteiger partial charge in [-0.1, -0.05) is 25.2 Å². The molecule has 82 heavy (non-hydrogen) atoms. The van der Waals surface area contributed by atoms with Gasteiger partial charge in [0.25, 0.3) is 0 Å². The van der Waals surface area contributed by atoms with Crippen LogP contribution in [0.4, 0.5) is 0 Å². The van der Waals surface area contributed by atoms with Gasteiger partial charge >= 0.3 is 0 Å². The first-order valence-corrected chi connectivity index (χ1v) is 37.6. The maximum absolute atomic E-state index is 10.6. The van der Waals surface area contributed by atoms with Gasteiger partial charge in [-0.3, -0.25) is 14.8 Å². The maximum Gasteiger partial charge on any atom is 0.220 e. The molecule has 0 aromatic carbocycles. The SMILES string of the molecule is C1=CCNC1.C1=NCCN1.C1=NCCO1.C1CCNC1.C1CCNCC1.C1CCOC1.C1COCCN1.C1CSCCN1.C1CSCN1.C=C1CCCS1.CN1CCNCC1.O=C1CCCN1.O=S1(=O)CCCC1.O=S1(=O)CCNCC1. The van der Waals surface area contributed by atoms with Crippen molar-refractivity contribution in [1.82, 2.24) is 58.1 Å². The van der Waals surface area contributed by atoms with Gasteiger partial charge in [0.2, 0.25) is 5.91 Å². The molecule has 0 aromatic heterocycles. The van der Waals surface area contributed by atoms with E-state index in [-0.39, 0.29) is 5.91 Å². The zero-order chi connectivity index (χ0) is 59.2. The molecule has 14 rings (SSSR count). The number of carbonyl (C=O) groups excluding carboxylic acids is 1. The van der Waals surface area contributed by atoms with Crippen LogP contribution in [-0.2, 0) is 38.7 Å². The third-order valence-electron chi connectivity index (χ3n) is 12.5. The number of aliphatic imine (C=N–C) groups is 2. The minimum Gasteiger partial charge on any atom is -0.482 e. The molecular formula is C56H115N13O8S5. The Hall–Kier alpha value is -1.60. The summed E-state index contributed by atoms with van der Waals surface area (Å²) in [6, 6.07) is 0. The molecule has 26 heteroatoms. The molecule has 0 bridgehead atoms. The van der Waals surface area contributed by atoms with Crippen LogP contribution in [-0.4, -0.2) is 270 Å². The molecule has 1 amide bonds. The normalized spacial score (nSPS) is 23.7. The molecular weight excluding hydrogens is 1140 g/mol. The Morgan fingerprint density at radius 3 is 1.26 bits per heavy atom. The minimum atomic E-state index is -2.65. The third-order valence-corrected chi connectivity index (χ3v) is 19.0. The Morgan fingerprint density at radius 2 is 1.06 bits per heavy atom. The number of morpholine rings is 1. The summed E-state index contributed by atoms with van der Waals surface area (Å²) in [5.41, 5.74) is 0. The summed E-state index contributed by atoms with van der Waals surface area (Å²) in [4.78, 5) is 21.4. The lowest BCUT2D eigenvalue weighted by molar-refractivity contribution is -0.119. The van der Waals surface area contributed by atoms with Crippen LogP contribution >= 0.6 is 35.3 Å². The van der Waals surface area contributed by atoms with E-state index in [4.69, 9.17) is 9.47 Å². The Bertz CT molecular complexity index is 1510. The first-order chi connectivity index (χ1) is 40.1. The number of nitrogens with zero attached hydrogens (tertiary/aromatic N) is 3. The predicted molar refractivity (Wildman–Crippen MR) is 354 cm³/mol. The lowest BCUT2D eigenvalue weighted by Crippen LogP contribution is -2.40. The average Bonchev–Trinajstić information content (AvgIpc) is 4.36. The quantitative estimate of drug-likeness (QED) is 0.156. The largest absolute Gasteiger partial charge is 0.482 e. The number of likely N-dealkylation sites (N-methyl/N-ethyl adjacent to an activating group) is 1. The third kappa shape index (κ3) is 61.5. The van der Waals surface area contributed by atoms with Crippen molar-refractivity contribution in [1.29, 1.82) is 0 Å². The number of carbonyl (C=O) groups is 1. The second-order valence-corrected chi connectivity index (χ2v) is 28.3. The van der Waals surface area contributed by atoms with Crippen molar-refractivity contribution >= 4 is 73.6 Å². The van der Waals surface area contributed by atoms with E-state index < -0.39 is 19.7 Å². The van der Waals surface area contributed by atoms with Crippen molar-refractivity contribution in [3.05, 3.63) is 23.6 Å². The molecule has 0 spiro atoms. The molecule has 0 aromatic rings. The van der Waals surface area contributed by atoms with Gasteiger partial charge in [0.15, 0.2) is 16.2 Å². The van der Waals surface area contributed by atoms with Crippen LogP contribution in [0.15, 0.2) is 33.6 Å². The van der Waals surface area contributed by atoms with E-state index in [1.54, 1.807) is 6.34 Å². The predicted octanol–water partition coefficient (Wildman–Crippen LogP) is 2.59. The molecule has 0 unspecified atom stereocenters. The Balaban J connectivity index is 0.000000442. The topological polar surface area (TPSA) is 261 Å². The van der Waals surface area contributed by atoms with Crippen LogP contribution in [0.5, 0.6) is 0 Å². The molecule has 11 fully saturated rings. The standard InChI is InChI=1S/C5H12N2.C5H11N.C5H8S.C4H9NO2S.C4H9NO.C4H7NO.C4H9NS.C4H9N.C4H7N.C4H8O2S.C4H8O.C3H6N2.C3H5NO.C3H7NS/c1-7-4-2-6-3-5-7;1-2-4-6-5-3-1;1-5-3-2-4-6-5;6-8(7)3-1-5-2-4-8;1-3-6-4-2-5-1;6-4-2-1-3-5-4;1-3-6-4-2-5-1;2*1-2-4-5-3-1;5-7(6)3-1-2-4-7;1-2-4-5-3-1;3*1-2-5-3-4-1/h6H,2-5H2,1H3;6H,1-5H2;1-4H2;5H,1-4H2;5H,1-4H2;1-3H2,(H,5,6);5H,1-4H2;5H,1-4H2;1-2,5H,3-4H2;1-4H2;1-4H2;3H,1-2H2,(H,4,5);3H,1-2H2;4H,1-3H2. The number of rotatable bonds is 0. The molecule has 21 nitrogen and oxygen atoms in total. The fourth-order valence-electron chi connectivity index (χ4n) is 7.66. The number of sulfone groups is 2. The van der Waals surface area contributed by atoms with Gasteiger partial charge in [0, 0.05) is 141 Å². The molecule has 14 aliphatic rings. The van der Waals surface area contributed by atoms with Gasteiger partial charge in [0.1, 0.15) is 16.4 Å². The number of allylic oxidation sites excluding steroid dienone is 1. The lowest BCUT2D eigenvalue weighted by Gasteiger charge is -2.21. The second kappa shape index (κ2) is 61.1. The molecule has 0 atom stereocenters. The van der Waals surface area contributed by atoms with E-state index in [1.165, 1.54) is 157 Å². The van der Waals surface area contributed by atoms with E-state index >= 15 is 0 Å². The van der Waals surface area contributed by atoms with Crippen molar-refractivity contribution in [2.75, 3.05) is 229 Å². The van der Waals surface area contributed by atoms with Crippen molar-refractivity contribution in [2.45, 2.75) is 83.5 Å². The number of amides is 1. The van der Waals surface area contributed by atoms with Gasteiger partial charge < -0.3 is 72.3 Å². The molecule has 14 heterocycles. The fraction of sp³-hybridized carbons (Fsp3) is 0.875. The van der Waals surface area contributed by atoms with E-state index in [9.17, 15) is 21.6 Å². The van der Waals surface area contributed by atoms with Crippen LogP contribution in [0.3, 0.4) is 0 Å². The fourth-order valence-corrected chi connectivity index (χ4v) is 12.6. The summed E-state index contributed by atoms with van der Waals surface area (Å²) in [7, 11) is -3.04. The van der Waals surface area contributed by atoms with Crippen LogP contribution in [0.2, 0.25) is 0 Å². The zero-order valence-corrected chi connectivity index (χ0v) is 54.7. The highest BCUT2D eigenvalue weighted by atomic mass is 32.2. The molecule has 0 saturated carbocycles. The number of hydrogen-bond donors (Lipinski definition) is 10. The van der Waals surface area contributed by atoms with E-state index in [0.29, 0.717) is 36.1 Å². The molecule has 0 aliphatic carbocycles. The Kier molecular flexibility index (Phi) is 58.4. The number of piperidine rings is 1. The lowest BCUT2D eigenvalue weighted by atomic mass is 10.2. The minimum absolute atomic E-state index is 0.204. The number of nitrogens with one attached hydrogen (secondary N) is 10. The van der Waals surface area contributed by atoms with Crippen LogP contribution in [0.25, 0.3) is 0 Å². The average molecular weight is 1260 g/mol. The molecule has 0 radical (unpaired) electrons. The monoisotopic (exact) mass is 1260 g/mol. The Labute approximate surface area is 511 Å². The van der Waals surface area contributed by atoms with Crippen molar-refractivity contribution < 1.29 is 35.8 Å². The summed E-state index contributed by atoms with van der Waals surface area (Å²) < 4.78 is 56.7. The highest BCUT2D eigenvalue weighted by molar-refractivity contribution is 8.03. The highest BCUT2D eigenvalue weighted by Crippen LogP contribution is 2.27. The van der Waals surface area contributed by atoms with Crippen molar-refractivity contribution in [2.24, 2.45) is 9.98 Å². The summed E-state index contributed by atoms with van der Waals surface area (Å²) in [5.74, 6) is 8.06. The smallest absolute Gasteiger partial charge is 0.220 e. The second-order valence-electron chi connectivity index (χ2n) is 20.1. The maximum atomic E-state index is 10.6. The summed E-state index contributed by atoms with van der Waals surface area (Å²) in [6.45, 7) is 30.9. The molecule has 14 aliphatic heterocycles. The first-order valence-electron chi connectivity index (χ1n) is 30.7. The number of hydrogen-bond acceptors (Lipinski definition) is 23. The van der Waals surface area contributed by atoms with E-state index in [2.05, 4.69) is 98.6 Å². The zero-order valence-electron chi connectivity index (χ0n) is 50.6. The molecule has 11 saturated heterocycles. The number of thioether (sulfide) groups is 3. The van der Waals surface area contributed by atoms with Crippen molar-refractivity contribution in [3.63, 3.8) is 0 Å². The summed E-state index contributed by atoms with van der Waals surface area (Å²) >= 11 is 5.90. The summed E-state index contributed by atoms with van der Waals surface area (Å²) in [6.07, 6.45) is 23.1. The molecule has 10 N–H and O–H groups in total. The molecule has 482 valence electrons. The van der Waals surface area contributed by atoms with Crippen LogP contribution < -0.4 is 53.2 Å². The van der Waals surface area contributed by atoms with E-state index in [1.807, 2.05) is 35.3 Å². The number of ether oxygens (including phenoxy) is 3. The van der Waals surface area contributed by atoms with Crippen molar-refractivity contribution in [3.8, 4) is 0 Å². The van der Waals surface area contributed by atoms with Gasteiger partial charge in [-0.05, 0) is 115 Å². The van der Waals surface area contributed by atoms with E-state index in [0.717, 1.165) is 124 Å². The van der Waals surface area contributed by atoms with Gasteiger partial charge in [0.05, 0.1) is 55.7 Å². The first kappa shape index (κ1) is 78.4. The highest BCUT2D eigenvalue weighted by Gasteiger charge is 2.16.